The maximum Gasteiger partial charge on any atom is 0.449 e. The summed E-state index contributed by atoms with van der Waals surface area (Å²) in [6, 6.07) is 3.43. The van der Waals surface area contributed by atoms with Gasteiger partial charge < -0.3 is 20.1 Å². The van der Waals surface area contributed by atoms with Crippen LogP contribution < -0.4 is 10.6 Å². The Labute approximate surface area is 220 Å². The Morgan fingerprint density at radius 2 is 1.79 bits per heavy atom. The number of anilines is 1. The number of hydrogen-bond acceptors (Lipinski definition) is 5. The summed E-state index contributed by atoms with van der Waals surface area (Å²) in [5.74, 6) is -4.48. The Morgan fingerprint density at radius 3 is 2.39 bits per heavy atom. The van der Waals surface area contributed by atoms with E-state index in [0.717, 1.165) is 4.57 Å². The Balaban J connectivity index is 0.00000400. The molecule has 0 unspecified atom stereocenters. The van der Waals surface area contributed by atoms with Gasteiger partial charge in [-0.15, -0.1) is 12.4 Å². The van der Waals surface area contributed by atoms with E-state index in [2.05, 4.69) is 9.97 Å². The number of carbonyl (C=O) groups excluding carboxylic acids is 1. The summed E-state index contributed by atoms with van der Waals surface area (Å²) >= 11 is 0. The van der Waals surface area contributed by atoms with Crippen LogP contribution in [0.25, 0.3) is 11.3 Å². The number of halogens is 7. The van der Waals surface area contributed by atoms with Crippen molar-refractivity contribution in [3.8, 4) is 11.3 Å². The van der Waals surface area contributed by atoms with Gasteiger partial charge in [-0.2, -0.15) is 13.2 Å². The van der Waals surface area contributed by atoms with E-state index < -0.39 is 41.4 Å². The molecular formula is C24H25ClF6N6O. The minimum atomic E-state index is -4.70. The molecule has 0 spiro atoms. The van der Waals surface area contributed by atoms with Crippen molar-refractivity contribution < 1.29 is 31.1 Å². The molecule has 0 fully saturated rings. The fourth-order valence-corrected chi connectivity index (χ4v) is 4.25. The van der Waals surface area contributed by atoms with Gasteiger partial charge >= 0.3 is 6.18 Å². The van der Waals surface area contributed by atoms with Gasteiger partial charge in [0.25, 0.3) is 0 Å². The summed E-state index contributed by atoms with van der Waals surface area (Å²) in [6.45, 7) is -0.313. The van der Waals surface area contributed by atoms with Gasteiger partial charge in [-0.3, -0.25) is 4.79 Å². The van der Waals surface area contributed by atoms with E-state index >= 15 is 0 Å². The van der Waals surface area contributed by atoms with Gasteiger partial charge in [0.05, 0.1) is 17.9 Å². The molecule has 0 bridgehead atoms. The SMILES string of the molecule is CN(C)c1ccc(-c2nc(C(F)(F)F)n3c2CN(C(=O)C[C@H](N)Cc2cc(F)c(F)cc2F)CC3)cn1.Cl. The molecule has 1 aliphatic rings. The molecule has 3 aromatic rings. The number of alkyl halides is 3. The van der Waals surface area contributed by atoms with Crippen molar-refractivity contribution in [1.82, 2.24) is 19.4 Å². The van der Waals surface area contributed by atoms with E-state index in [1.54, 1.807) is 31.1 Å². The monoisotopic (exact) mass is 562 g/mol. The highest BCUT2D eigenvalue weighted by Crippen LogP contribution is 2.36. The third-order valence-corrected chi connectivity index (χ3v) is 6.10. The summed E-state index contributed by atoms with van der Waals surface area (Å²) in [5.41, 5.74) is 6.43. The number of carbonyl (C=O) groups is 1. The molecule has 2 aromatic heterocycles. The summed E-state index contributed by atoms with van der Waals surface area (Å²) in [7, 11) is 3.55. The van der Waals surface area contributed by atoms with Gasteiger partial charge in [0.2, 0.25) is 11.7 Å². The number of benzene rings is 1. The first-order valence-corrected chi connectivity index (χ1v) is 11.3. The maximum absolute atomic E-state index is 14.0. The lowest BCUT2D eigenvalue weighted by molar-refractivity contribution is -0.148. The van der Waals surface area contributed by atoms with Crippen LogP contribution in [0.3, 0.4) is 0 Å². The average Bonchev–Trinajstić information content (AvgIpc) is 3.22. The molecular weight excluding hydrogens is 538 g/mol. The summed E-state index contributed by atoms with van der Waals surface area (Å²) in [4.78, 5) is 24.1. The molecule has 1 atom stereocenters. The van der Waals surface area contributed by atoms with Gasteiger partial charge in [0.15, 0.2) is 11.6 Å². The number of amides is 1. The number of nitrogens with zero attached hydrogens (tertiary/aromatic N) is 5. The van der Waals surface area contributed by atoms with Crippen molar-refractivity contribution in [2.24, 2.45) is 5.73 Å². The molecule has 0 radical (unpaired) electrons. The first-order chi connectivity index (χ1) is 17.3. The van der Waals surface area contributed by atoms with Crippen molar-refractivity contribution in [2.45, 2.75) is 38.1 Å². The predicted molar refractivity (Wildman–Crippen MR) is 130 cm³/mol. The highest BCUT2D eigenvalue weighted by atomic mass is 35.5. The second-order valence-electron chi connectivity index (χ2n) is 9.02. The lowest BCUT2D eigenvalue weighted by Gasteiger charge is -2.30. The van der Waals surface area contributed by atoms with Crippen molar-refractivity contribution in [3.05, 3.63) is 65.0 Å². The lowest BCUT2D eigenvalue weighted by atomic mass is 10.0. The first-order valence-electron chi connectivity index (χ1n) is 11.3. The molecule has 3 heterocycles. The molecule has 1 amide bonds. The number of pyridine rings is 1. The van der Waals surface area contributed by atoms with Crippen molar-refractivity contribution >= 4 is 24.1 Å². The van der Waals surface area contributed by atoms with E-state index in [1.807, 2.05) is 0 Å². The van der Waals surface area contributed by atoms with E-state index in [-0.39, 0.29) is 61.8 Å². The van der Waals surface area contributed by atoms with Crippen molar-refractivity contribution in [3.63, 3.8) is 0 Å². The molecule has 0 saturated heterocycles. The van der Waals surface area contributed by atoms with Crippen LogP contribution in [0.15, 0.2) is 30.5 Å². The summed E-state index contributed by atoms with van der Waals surface area (Å²) in [6.07, 6.45) is -3.78. The number of imidazole rings is 1. The van der Waals surface area contributed by atoms with Gasteiger partial charge in [-0.25, -0.2) is 23.1 Å². The molecule has 1 aromatic carbocycles. The van der Waals surface area contributed by atoms with Crippen LogP contribution in [0, 0.1) is 17.5 Å². The zero-order valence-corrected chi connectivity index (χ0v) is 21.2. The number of rotatable bonds is 6. The fraction of sp³-hybridized carbons (Fsp3) is 0.375. The molecule has 206 valence electrons. The predicted octanol–water partition coefficient (Wildman–Crippen LogP) is 4.17. The third kappa shape index (κ3) is 6.04. The van der Waals surface area contributed by atoms with Crippen molar-refractivity contribution in [1.29, 1.82) is 0 Å². The zero-order chi connectivity index (χ0) is 27.1. The minimum Gasteiger partial charge on any atom is -0.363 e. The molecule has 1 aliphatic heterocycles. The first kappa shape index (κ1) is 29.2. The van der Waals surface area contributed by atoms with Crippen LogP contribution in [0.4, 0.5) is 32.2 Å². The smallest absolute Gasteiger partial charge is 0.363 e. The zero-order valence-electron chi connectivity index (χ0n) is 20.4. The summed E-state index contributed by atoms with van der Waals surface area (Å²) in [5, 5.41) is 0. The Morgan fingerprint density at radius 1 is 1.11 bits per heavy atom. The van der Waals surface area contributed by atoms with Crippen molar-refractivity contribution in [2.75, 3.05) is 25.5 Å². The van der Waals surface area contributed by atoms with Crippen LogP contribution in [0.1, 0.15) is 23.5 Å². The Hall–Kier alpha value is -3.32. The molecule has 4 rings (SSSR count). The van der Waals surface area contributed by atoms with Gasteiger partial charge in [-0.05, 0) is 30.2 Å². The van der Waals surface area contributed by atoms with E-state index in [0.29, 0.717) is 23.5 Å². The largest absolute Gasteiger partial charge is 0.449 e. The third-order valence-electron chi connectivity index (χ3n) is 6.10. The Kier molecular flexibility index (Phi) is 8.62. The molecule has 7 nitrogen and oxygen atoms in total. The molecule has 0 aliphatic carbocycles. The molecule has 14 heteroatoms. The number of hydrogen-bond donors (Lipinski definition) is 1. The fourth-order valence-electron chi connectivity index (χ4n) is 4.25. The van der Waals surface area contributed by atoms with Gasteiger partial charge in [0, 0.05) is 57.5 Å². The Bertz CT molecular complexity index is 1310. The van der Waals surface area contributed by atoms with Crippen LogP contribution in [0.5, 0.6) is 0 Å². The van der Waals surface area contributed by atoms with E-state index in [9.17, 15) is 31.1 Å². The van der Waals surface area contributed by atoms with Crippen LogP contribution >= 0.6 is 12.4 Å². The molecule has 0 saturated carbocycles. The number of nitrogens with two attached hydrogens (primary N) is 1. The topological polar surface area (TPSA) is 80.3 Å². The standard InChI is InChI=1S/C24H24F6N6O.ClH/c1-34(2)20-4-3-13(11-32-20)22-19-12-35(5-6-36(19)23(33-22)24(28,29)30)21(37)9-15(31)7-14-8-17(26)18(27)10-16(14)25;/h3-4,8,10-11,15H,5-7,9,12,31H2,1-2H3;1H/t15-;/m1./s1. The van der Waals surface area contributed by atoms with E-state index in [1.165, 1.54) is 11.1 Å². The minimum absolute atomic E-state index is 0. The maximum atomic E-state index is 14.0. The van der Waals surface area contributed by atoms with E-state index in [4.69, 9.17) is 5.73 Å². The highest BCUT2D eigenvalue weighted by molar-refractivity contribution is 5.85. The lowest BCUT2D eigenvalue weighted by Crippen LogP contribution is -2.42. The second kappa shape index (κ2) is 11.2. The van der Waals surface area contributed by atoms with Crippen LogP contribution in [0.2, 0.25) is 0 Å². The molecule has 2 N–H and O–H groups in total. The summed E-state index contributed by atoms with van der Waals surface area (Å²) < 4.78 is 82.8. The van der Waals surface area contributed by atoms with Gasteiger partial charge in [0.1, 0.15) is 11.6 Å². The normalized spacial score (nSPS) is 14.1. The highest BCUT2D eigenvalue weighted by Gasteiger charge is 2.41. The van der Waals surface area contributed by atoms with Crippen LogP contribution in [-0.4, -0.2) is 52.0 Å². The van der Waals surface area contributed by atoms with Gasteiger partial charge in [-0.1, -0.05) is 0 Å². The second-order valence-corrected chi connectivity index (χ2v) is 9.02. The number of aromatic nitrogens is 3. The quantitative estimate of drug-likeness (QED) is 0.360. The average molecular weight is 563 g/mol. The van der Waals surface area contributed by atoms with Crippen LogP contribution in [-0.2, 0) is 30.5 Å². The molecule has 38 heavy (non-hydrogen) atoms. The number of fused-ring (bicyclic) bond motifs is 1.